The Morgan fingerprint density at radius 3 is 2.95 bits per heavy atom. The van der Waals surface area contributed by atoms with Crippen LogP contribution in [0.25, 0.3) is 10.9 Å². The van der Waals surface area contributed by atoms with Crippen LogP contribution in [-0.2, 0) is 0 Å². The van der Waals surface area contributed by atoms with E-state index in [4.69, 9.17) is 11.6 Å². The third-order valence-corrected chi connectivity index (χ3v) is 3.41. The highest BCUT2D eigenvalue weighted by atomic mass is 35.5. The molecule has 5 heteroatoms. The maximum atomic E-state index is 12.3. The zero-order chi connectivity index (χ0) is 14.5. The van der Waals surface area contributed by atoms with Crippen molar-refractivity contribution in [3.05, 3.63) is 41.0 Å². The molecule has 1 aromatic heterocycles. The van der Waals surface area contributed by atoms with E-state index in [2.05, 4.69) is 15.6 Å². The highest BCUT2D eigenvalue weighted by molar-refractivity contribution is 6.36. The molecule has 106 valence electrons. The van der Waals surface area contributed by atoms with Gasteiger partial charge in [-0.2, -0.15) is 0 Å². The molecule has 0 spiro atoms. The van der Waals surface area contributed by atoms with Crippen LogP contribution in [0.3, 0.4) is 0 Å². The van der Waals surface area contributed by atoms with Gasteiger partial charge in [-0.15, -0.1) is 0 Å². The van der Waals surface area contributed by atoms with Gasteiger partial charge in [0.05, 0.1) is 16.1 Å². The lowest BCUT2D eigenvalue weighted by molar-refractivity contribution is 0.0951. The molecule has 0 radical (unpaired) electrons. The van der Waals surface area contributed by atoms with Gasteiger partial charge >= 0.3 is 0 Å². The topological polar surface area (TPSA) is 54.0 Å². The smallest absolute Gasteiger partial charge is 0.253 e. The Balaban J connectivity index is 2.20. The van der Waals surface area contributed by atoms with Gasteiger partial charge in [-0.1, -0.05) is 18.5 Å². The number of nitrogens with one attached hydrogen (secondary N) is 2. The molecule has 0 unspecified atom stereocenters. The van der Waals surface area contributed by atoms with Crippen molar-refractivity contribution >= 4 is 28.4 Å². The molecular formula is C15H18ClN3O. The van der Waals surface area contributed by atoms with Gasteiger partial charge in [-0.3, -0.25) is 9.78 Å². The standard InChI is InChI=1S/C15H18ClN3O/c1-3-17-10(2)9-19-15(20)12-6-7-13(16)11-5-4-8-18-14(11)12/h4-8,10,17H,3,9H2,1-2H3,(H,19,20)/t10-/m1/s1. The lowest BCUT2D eigenvalue weighted by atomic mass is 10.1. The van der Waals surface area contributed by atoms with E-state index in [1.807, 2.05) is 26.0 Å². The molecule has 0 saturated heterocycles. The molecule has 0 aliphatic carbocycles. The number of nitrogens with zero attached hydrogens (tertiary/aromatic N) is 1. The predicted molar refractivity (Wildman–Crippen MR) is 82.2 cm³/mol. The van der Waals surface area contributed by atoms with Gasteiger partial charge < -0.3 is 10.6 Å². The monoisotopic (exact) mass is 291 g/mol. The number of hydrogen-bond donors (Lipinski definition) is 2. The Morgan fingerprint density at radius 1 is 1.40 bits per heavy atom. The van der Waals surface area contributed by atoms with Crippen LogP contribution in [0.4, 0.5) is 0 Å². The number of aromatic nitrogens is 1. The number of pyridine rings is 1. The Hall–Kier alpha value is -1.65. The summed E-state index contributed by atoms with van der Waals surface area (Å²) < 4.78 is 0. The number of hydrogen-bond acceptors (Lipinski definition) is 3. The number of benzene rings is 1. The van der Waals surface area contributed by atoms with E-state index >= 15 is 0 Å². The third-order valence-electron chi connectivity index (χ3n) is 3.08. The van der Waals surface area contributed by atoms with E-state index in [0.29, 0.717) is 22.6 Å². The summed E-state index contributed by atoms with van der Waals surface area (Å²) in [5.41, 5.74) is 1.18. The van der Waals surface area contributed by atoms with E-state index < -0.39 is 0 Å². The highest BCUT2D eigenvalue weighted by Gasteiger charge is 2.13. The SMILES string of the molecule is CCN[C@H](C)CNC(=O)c1ccc(Cl)c2cccnc12. The van der Waals surface area contributed by atoms with Crippen LogP contribution < -0.4 is 10.6 Å². The van der Waals surface area contributed by atoms with E-state index in [0.717, 1.165) is 11.9 Å². The molecule has 0 aliphatic heterocycles. The van der Waals surface area contributed by atoms with Crippen molar-refractivity contribution in [3.8, 4) is 0 Å². The third kappa shape index (κ3) is 3.26. The molecule has 0 fully saturated rings. The van der Waals surface area contributed by atoms with Crippen molar-refractivity contribution in [2.45, 2.75) is 19.9 Å². The molecule has 1 amide bonds. The fourth-order valence-corrected chi connectivity index (χ4v) is 2.30. The Bertz CT molecular complexity index is 615. The van der Waals surface area contributed by atoms with Crippen LogP contribution in [0.1, 0.15) is 24.2 Å². The van der Waals surface area contributed by atoms with Crippen molar-refractivity contribution in [3.63, 3.8) is 0 Å². The molecule has 1 aromatic carbocycles. The first-order valence-corrected chi connectivity index (χ1v) is 7.06. The molecule has 1 atom stereocenters. The Kier molecular flexibility index (Phi) is 4.93. The quantitative estimate of drug-likeness (QED) is 0.890. The molecule has 2 aromatic rings. The van der Waals surface area contributed by atoms with Gasteiger partial charge in [0.15, 0.2) is 0 Å². The Morgan fingerprint density at radius 2 is 2.20 bits per heavy atom. The molecule has 20 heavy (non-hydrogen) atoms. The maximum absolute atomic E-state index is 12.3. The number of carbonyl (C=O) groups is 1. The van der Waals surface area contributed by atoms with Crippen LogP contribution in [0, 0.1) is 0 Å². The molecule has 4 nitrogen and oxygen atoms in total. The number of amides is 1. The van der Waals surface area contributed by atoms with Crippen molar-refractivity contribution in [2.24, 2.45) is 0 Å². The van der Waals surface area contributed by atoms with Crippen molar-refractivity contribution in [2.75, 3.05) is 13.1 Å². The van der Waals surface area contributed by atoms with Crippen LogP contribution in [0.2, 0.25) is 5.02 Å². The summed E-state index contributed by atoms with van der Waals surface area (Å²) >= 11 is 6.12. The average molecular weight is 292 g/mol. The molecule has 0 saturated carbocycles. The second kappa shape index (κ2) is 6.68. The van der Waals surface area contributed by atoms with E-state index in [-0.39, 0.29) is 11.9 Å². The van der Waals surface area contributed by atoms with Gasteiger partial charge in [-0.05, 0) is 37.7 Å². The number of carbonyl (C=O) groups excluding carboxylic acids is 1. The minimum Gasteiger partial charge on any atom is -0.350 e. The van der Waals surface area contributed by atoms with Gasteiger partial charge in [0.25, 0.3) is 5.91 Å². The van der Waals surface area contributed by atoms with Crippen LogP contribution in [0.15, 0.2) is 30.5 Å². The summed E-state index contributed by atoms with van der Waals surface area (Å²) in [6.07, 6.45) is 1.66. The first-order chi connectivity index (χ1) is 9.63. The minimum atomic E-state index is -0.130. The first-order valence-electron chi connectivity index (χ1n) is 6.68. The second-order valence-corrected chi connectivity index (χ2v) is 5.07. The van der Waals surface area contributed by atoms with Crippen LogP contribution in [-0.4, -0.2) is 30.0 Å². The summed E-state index contributed by atoms with van der Waals surface area (Å²) in [4.78, 5) is 16.5. The first kappa shape index (κ1) is 14.8. The summed E-state index contributed by atoms with van der Waals surface area (Å²) in [5, 5.41) is 7.55. The van der Waals surface area contributed by atoms with Crippen molar-refractivity contribution in [1.82, 2.24) is 15.6 Å². The summed E-state index contributed by atoms with van der Waals surface area (Å²) in [5.74, 6) is -0.130. The van der Waals surface area contributed by atoms with Crippen molar-refractivity contribution in [1.29, 1.82) is 0 Å². The molecule has 0 aliphatic rings. The van der Waals surface area contributed by atoms with Crippen molar-refractivity contribution < 1.29 is 4.79 Å². The van der Waals surface area contributed by atoms with Gasteiger partial charge in [0.1, 0.15) is 0 Å². The van der Waals surface area contributed by atoms with Crippen LogP contribution >= 0.6 is 11.6 Å². The molecule has 1 heterocycles. The summed E-state index contributed by atoms with van der Waals surface area (Å²) in [6.45, 7) is 5.52. The summed E-state index contributed by atoms with van der Waals surface area (Å²) in [6, 6.07) is 7.35. The fourth-order valence-electron chi connectivity index (χ4n) is 2.08. The zero-order valence-corrected chi connectivity index (χ0v) is 12.4. The summed E-state index contributed by atoms with van der Waals surface area (Å²) in [7, 11) is 0. The highest BCUT2D eigenvalue weighted by Crippen LogP contribution is 2.24. The molecule has 2 N–H and O–H groups in total. The normalized spacial score (nSPS) is 12.3. The van der Waals surface area contributed by atoms with E-state index in [9.17, 15) is 4.79 Å². The largest absolute Gasteiger partial charge is 0.350 e. The molecule has 0 bridgehead atoms. The lowest BCUT2D eigenvalue weighted by Gasteiger charge is -2.14. The predicted octanol–water partition coefficient (Wildman–Crippen LogP) is 2.62. The average Bonchev–Trinajstić information content (AvgIpc) is 2.46. The molecule has 2 rings (SSSR count). The van der Waals surface area contributed by atoms with E-state index in [1.165, 1.54) is 0 Å². The molecular weight excluding hydrogens is 274 g/mol. The number of fused-ring (bicyclic) bond motifs is 1. The maximum Gasteiger partial charge on any atom is 0.253 e. The Labute approximate surface area is 123 Å². The minimum absolute atomic E-state index is 0.130. The number of halogens is 1. The number of likely N-dealkylation sites (N-methyl/N-ethyl adjacent to an activating group) is 1. The van der Waals surface area contributed by atoms with E-state index in [1.54, 1.807) is 18.3 Å². The van der Waals surface area contributed by atoms with Crippen LogP contribution in [0.5, 0.6) is 0 Å². The second-order valence-electron chi connectivity index (χ2n) is 4.66. The van der Waals surface area contributed by atoms with Gasteiger partial charge in [0, 0.05) is 24.2 Å². The van der Waals surface area contributed by atoms with Gasteiger partial charge in [0.2, 0.25) is 0 Å². The lowest BCUT2D eigenvalue weighted by Crippen LogP contribution is -2.38. The zero-order valence-electron chi connectivity index (χ0n) is 11.6. The number of rotatable bonds is 5. The fraction of sp³-hybridized carbons (Fsp3) is 0.333. The van der Waals surface area contributed by atoms with Gasteiger partial charge in [-0.25, -0.2) is 0 Å².